The van der Waals surface area contributed by atoms with E-state index in [4.69, 9.17) is 4.74 Å². The highest BCUT2D eigenvalue weighted by Crippen LogP contribution is 2.30. The molecule has 0 bridgehead atoms. The monoisotopic (exact) mass is 263 g/mol. The van der Waals surface area contributed by atoms with E-state index in [1.165, 1.54) is 15.6 Å². The molecule has 18 heavy (non-hydrogen) atoms. The summed E-state index contributed by atoms with van der Waals surface area (Å²) in [7, 11) is 0. The lowest BCUT2D eigenvalue weighted by atomic mass is 10.1. The maximum Gasteiger partial charge on any atom is 0.407 e. The van der Waals surface area contributed by atoms with E-state index in [2.05, 4.69) is 24.4 Å². The predicted molar refractivity (Wildman–Crippen MR) is 75.0 cm³/mol. The number of ether oxygens (including phenoxy) is 1. The zero-order valence-corrected chi connectivity index (χ0v) is 11.6. The normalized spacial score (nSPS) is 10.9. The first kappa shape index (κ1) is 12.9. The smallest absolute Gasteiger partial charge is 0.407 e. The molecule has 96 valence electrons. The average molecular weight is 263 g/mol. The number of alkyl carbamates (subject to hydrolysis) is 1. The van der Waals surface area contributed by atoms with Crippen molar-refractivity contribution in [3.8, 4) is 0 Å². The SMILES string of the molecule is Cc1c(COC(=O)NC(C)C)sc2ccccc12. The van der Waals surface area contributed by atoms with Crippen molar-refractivity contribution in [2.45, 2.75) is 33.4 Å². The van der Waals surface area contributed by atoms with Crippen molar-refractivity contribution in [2.75, 3.05) is 0 Å². The molecule has 0 atom stereocenters. The minimum Gasteiger partial charge on any atom is -0.444 e. The summed E-state index contributed by atoms with van der Waals surface area (Å²) in [6.07, 6.45) is -0.359. The van der Waals surface area contributed by atoms with Crippen LogP contribution >= 0.6 is 11.3 Å². The molecule has 2 aromatic rings. The van der Waals surface area contributed by atoms with Gasteiger partial charge in [0.2, 0.25) is 0 Å². The highest BCUT2D eigenvalue weighted by atomic mass is 32.1. The molecule has 1 aromatic carbocycles. The van der Waals surface area contributed by atoms with E-state index >= 15 is 0 Å². The lowest BCUT2D eigenvalue weighted by Crippen LogP contribution is -2.30. The summed E-state index contributed by atoms with van der Waals surface area (Å²) in [5, 5.41) is 3.95. The van der Waals surface area contributed by atoms with Crippen LogP contribution in [0.15, 0.2) is 24.3 Å². The Labute approximate surface area is 111 Å². The van der Waals surface area contributed by atoms with Gasteiger partial charge in [-0.3, -0.25) is 0 Å². The van der Waals surface area contributed by atoms with Crippen LogP contribution in [0.25, 0.3) is 10.1 Å². The van der Waals surface area contributed by atoms with Crippen molar-refractivity contribution in [3.63, 3.8) is 0 Å². The van der Waals surface area contributed by atoms with Gasteiger partial charge in [0.1, 0.15) is 6.61 Å². The van der Waals surface area contributed by atoms with Crippen molar-refractivity contribution >= 4 is 27.5 Å². The van der Waals surface area contributed by atoms with Crippen LogP contribution in [0.3, 0.4) is 0 Å². The summed E-state index contributed by atoms with van der Waals surface area (Å²) in [4.78, 5) is 12.5. The van der Waals surface area contributed by atoms with Gasteiger partial charge in [0.05, 0.1) is 0 Å². The third-order valence-electron chi connectivity index (χ3n) is 2.68. The zero-order chi connectivity index (χ0) is 13.1. The fourth-order valence-electron chi connectivity index (χ4n) is 1.77. The molecule has 0 aliphatic carbocycles. The molecule has 4 heteroatoms. The molecule has 0 aliphatic rings. The van der Waals surface area contributed by atoms with Crippen molar-refractivity contribution in [1.82, 2.24) is 5.32 Å². The first-order valence-corrected chi connectivity index (χ1v) is 6.80. The van der Waals surface area contributed by atoms with Crippen LogP contribution in [0, 0.1) is 6.92 Å². The Bertz CT molecular complexity index is 560. The molecule has 1 heterocycles. The van der Waals surface area contributed by atoms with E-state index in [-0.39, 0.29) is 12.1 Å². The predicted octanol–water partition coefficient (Wildman–Crippen LogP) is 3.84. The van der Waals surface area contributed by atoms with Crippen molar-refractivity contribution in [2.24, 2.45) is 0 Å². The summed E-state index contributed by atoms with van der Waals surface area (Å²) in [6, 6.07) is 8.33. The molecule has 0 saturated heterocycles. The van der Waals surface area contributed by atoms with Gasteiger partial charge < -0.3 is 10.1 Å². The topological polar surface area (TPSA) is 38.3 Å². The number of hydrogen-bond donors (Lipinski definition) is 1. The van der Waals surface area contributed by atoms with Crippen molar-refractivity contribution in [3.05, 3.63) is 34.7 Å². The summed E-state index contributed by atoms with van der Waals surface area (Å²) in [5.41, 5.74) is 1.20. The molecular formula is C14H17NO2S. The number of carbonyl (C=O) groups excluding carboxylic acids is 1. The Morgan fingerprint density at radius 1 is 1.39 bits per heavy atom. The minimum absolute atomic E-state index is 0.0982. The highest BCUT2D eigenvalue weighted by molar-refractivity contribution is 7.19. The van der Waals surface area contributed by atoms with E-state index in [0.29, 0.717) is 6.61 Å². The molecule has 0 unspecified atom stereocenters. The van der Waals surface area contributed by atoms with E-state index in [1.54, 1.807) is 11.3 Å². The number of thiophene rings is 1. The number of aryl methyl sites for hydroxylation is 1. The Balaban J connectivity index is 2.08. The molecule has 1 amide bonds. The maximum absolute atomic E-state index is 11.4. The maximum atomic E-state index is 11.4. The number of benzene rings is 1. The fourth-order valence-corrected chi connectivity index (χ4v) is 2.90. The largest absolute Gasteiger partial charge is 0.444 e. The second kappa shape index (κ2) is 5.40. The van der Waals surface area contributed by atoms with Gasteiger partial charge in [-0.2, -0.15) is 0 Å². The third-order valence-corrected chi connectivity index (χ3v) is 3.93. The minimum atomic E-state index is -0.359. The number of nitrogens with one attached hydrogen (secondary N) is 1. The Morgan fingerprint density at radius 2 is 2.11 bits per heavy atom. The van der Waals surface area contributed by atoms with Gasteiger partial charge >= 0.3 is 6.09 Å². The Hall–Kier alpha value is -1.55. The number of rotatable bonds is 3. The highest BCUT2D eigenvalue weighted by Gasteiger charge is 2.10. The molecule has 0 radical (unpaired) electrons. The zero-order valence-electron chi connectivity index (χ0n) is 10.8. The lowest BCUT2D eigenvalue weighted by molar-refractivity contribution is 0.138. The Morgan fingerprint density at radius 3 is 2.78 bits per heavy atom. The van der Waals surface area contributed by atoms with Gasteiger partial charge in [-0.1, -0.05) is 18.2 Å². The van der Waals surface area contributed by atoms with E-state index < -0.39 is 0 Å². The molecule has 3 nitrogen and oxygen atoms in total. The van der Waals surface area contributed by atoms with Crippen LogP contribution in [0.1, 0.15) is 24.3 Å². The molecule has 0 aliphatic heterocycles. The molecule has 0 saturated carbocycles. The average Bonchev–Trinajstić information content (AvgIpc) is 2.64. The molecule has 1 N–H and O–H groups in total. The quantitative estimate of drug-likeness (QED) is 0.913. The summed E-state index contributed by atoms with van der Waals surface area (Å²) < 4.78 is 6.44. The van der Waals surface area contributed by atoms with Gasteiger partial charge in [0, 0.05) is 15.6 Å². The van der Waals surface area contributed by atoms with Crippen LogP contribution in [-0.4, -0.2) is 12.1 Å². The van der Waals surface area contributed by atoms with E-state index in [9.17, 15) is 4.79 Å². The molecule has 2 rings (SSSR count). The van der Waals surface area contributed by atoms with Crippen LogP contribution in [-0.2, 0) is 11.3 Å². The first-order chi connectivity index (χ1) is 8.58. The van der Waals surface area contributed by atoms with Gasteiger partial charge in [-0.25, -0.2) is 4.79 Å². The van der Waals surface area contributed by atoms with Gasteiger partial charge in [0.15, 0.2) is 0 Å². The van der Waals surface area contributed by atoms with Crippen molar-refractivity contribution in [1.29, 1.82) is 0 Å². The first-order valence-electron chi connectivity index (χ1n) is 5.98. The van der Waals surface area contributed by atoms with Crippen LogP contribution < -0.4 is 5.32 Å². The summed E-state index contributed by atoms with van der Waals surface area (Å²) >= 11 is 1.68. The van der Waals surface area contributed by atoms with Crippen LogP contribution in [0.2, 0.25) is 0 Å². The Kier molecular flexibility index (Phi) is 3.87. The molecule has 0 fully saturated rings. The van der Waals surface area contributed by atoms with E-state index in [1.807, 2.05) is 26.0 Å². The molecular weight excluding hydrogens is 246 g/mol. The van der Waals surface area contributed by atoms with Crippen LogP contribution in [0.4, 0.5) is 4.79 Å². The van der Waals surface area contributed by atoms with Gasteiger partial charge in [-0.15, -0.1) is 11.3 Å². The second-order valence-corrected chi connectivity index (χ2v) is 5.66. The third kappa shape index (κ3) is 2.82. The van der Waals surface area contributed by atoms with Crippen molar-refractivity contribution < 1.29 is 9.53 Å². The fraction of sp³-hybridized carbons (Fsp3) is 0.357. The van der Waals surface area contributed by atoms with Gasteiger partial charge in [0.25, 0.3) is 0 Å². The number of amides is 1. The number of carbonyl (C=O) groups is 1. The summed E-state index contributed by atoms with van der Waals surface area (Å²) in [5.74, 6) is 0. The standard InChI is InChI=1S/C14H17NO2S/c1-9(2)15-14(16)17-8-13-10(3)11-6-4-5-7-12(11)18-13/h4-7,9H,8H2,1-3H3,(H,15,16). The lowest BCUT2D eigenvalue weighted by Gasteiger charge is -2.08. The molecule has 1 aromatic heterocycles. The van der Waals surface area contributed by atoms with Gasteiger partial charge in [-0.05, 0) is 37.8 Å². The number of hydrogen-bond acceptors (Lipinski definition) is 3. The number of fused-ring (bicyclic) bond motifs is 1. The van der Waals surface area contributed by atoms with E-state index in [0.717, 1.165) is 4.88 Å². The van der Waals surface area contributed by atoms with Crippen LogP contribution in [0.5, 0.6) is 0 Å². The summed E-state index contributed by atoms with van der Waals surface area (Å²) in [6.45, 7) is 6.22. The second-order valence-electron chi connectivity index (χ2n) is 4.52. The molecule has 0 spiro atoms.